The first kappa shape index (κ1) is 16.8. The van der Waals surface area contributed by atoms with Crippen molar-refractivity contribution < 1.29 is 23.9 Å². The van der Waals surface area contributed by atoms with Crippen LogP contribution in [0.2, 0.25) is 0 Å². The van der Waals surface area contributed by atoms with Gasteiger partial charge in [0.05, 0.1) is 20.6 Å². The summed E-state index contributed by atoms with van der Waals surface area (Å²) in [6.45, 7) is 1.36. The van der Waals surface area contributed by atoms with Gasteiger partial charge in [0, 0.05) is 12.7 Å². The molecule has 0 radical (unpaired) electrons. The van der Waals surface area contributed by atoms with Crippen molar-refractivity contribution >= 4 is 29.6 Å². The highest BCUT2D eigenvalue weighted by Crippen LogP contribution is 2.51. The maximum Gasteiger partial charge on any atom is 0.329 e. The third kappa shape index (κ3) is 5.40. The second-order valence-corrected chi connectivity index (χ2v) is 6.07. The van der Waals surface area contributed by atoms with Gasteiger partial charge in [0.1, 0.15) is 6.04 Å². The zero-order valence-corrected chi connectivity index (χ0v) is 12.9. The quantitative estimate of drug-likeness (QED) is 0.666. The van der Waals surface area contributed by atoms with Gasteiger partial charge in [-0.25, -0.2) is 4.79 Å². The maximum absolute atomic E-state index is 11.5. The Labute approximate surface area is 122 Å². The first-order chi connectivity index (χ1) is 9.42. The van der Waals surface area contributed by atoms with Crippen LogP contribution in [0.1, 0.15) is 26.2 Å². The third-order valence-electron chi connectivity index (χ3n) is 3.26. The molecule has 1 aliphatic rings. The van der Waals surface area contributed by atoms with E-state index >= 15 is 0 Å². The summed E-state index contributed by atoms with van der Waals surface area (Å²) in [5.41, 5.74) is 0.00858. The summed E-state index contributed by atoms with van der Waals surface area (Å²) >= 11 is 1.55. The van der Waals surface area contributed by atoms with Gasteiger partial charge in [-0.3, -0.25) is 9.59 Å². The summed E-state index contributed by atoms with van der Waals surface area (Å²) < 4.78 is 9.33. The Morgan fingerprint density at radius 3 is 2.35 bits per heavy atom. The van der Waals surface area contributed by atoms with Crippen molar-refractivity contribution in [1.82, 2.24) is 5.32 Å². The Morgan fingerprint density at radius 1 is 1.25 bits per heavy atom. The van der Waals surface area contributed by atoms with E-state index in [0.29, 0.717) is 12.2 Å². The maximum atomic E-state index is 11.5. The predicted octanol–water partition coefficient (Wildman–Crippen LogP) is 0.741. The second-order valence-electron chi connectivity index (χ2n) is 5.04. The van der Waals surface area contributed by atoms with Gasteiger partial charge in [-0.15, -0.1) is 0 Å². The van der Waals surface area contributed by atoms with E-state index in [-0.39, 0.29) is 17.3 Å². The number of hydrogen-bond donors (Lipinski definition) is 1. The fraction of sp³-hybridized carbons (Fsp3) is 0.769. The Kier molecular flexibility index (Phi) is 6.32. The summed E-state index contributed by atoms with van der Waals surface area (Å²) in [7, 11) is 2.68. The van der Waals surface area contributed by atoms with E-state index < -0.39 is 12.0 Å². The van der Waals surface area contributed by atoms with Gasteiger partial charge < -0.3 is 14.8 Å². The molecule has 20 heavy (non-hydrogen) atoms. The minimum atomic E-state index is -0.642. The molecule has 1 atom stereocenters. The first-order valence-corrected chi connectivity index (χ1v) is 7.57. The molecular formula is C13H21NO5S. The number of rotatable bonds is 8. The van der Waals surface area contributed by atoms with Crippen molar-refractivity contribution in [2.75, 3.05) is 25.7 Å². The second kappa shape index (κ2) is 7.52. The molecule has 1 rings (SSSR count). The Morgan fingerprint density at radius 2 is 1.90 bits per heavy atom. The Balaban J connectivity index is 2.38. The number of hydrogen-bond acceptors (Lipinski definition) is 6. The molecule has 7 heteroatoms. The van der Waals surface area contributed by atoms with Gasteiger partial charge in [0.25, 0.3) is 0 Å². The molecule has 0 aromatic rings. The van der Waals surface area contributed by atoms with Crippen LogP contribution in [0.5, 0.6) is 0 Å². The van der Waals surface area contributed by atoms with Crippen LogP contribution in [-0.4, -0.2) is 49.6 Å². The average Bonchev–Trinajstić information content (AvgIpc) is 3.15. The molecule has 0 bridgehead atoms. The van der Waals surface area contributed by atoms with Crippen LogP contribution in [0, 0.1) is 5.41 Å². The molecule has 114 valence electrons. The van der Waals surface area contributed by atoms with E-state index in [4.69, 9.17) is 0 Å². The van der Waals surface area contributed by atoms with Crippen LogP contribution in [-0.2, 0) is 23.9 Å². The number of amides is 1. The molecule has 1 N–H and O–H groups in total. The lowest BCUT2D eigenvalue weighted by Gasteiger charge is -2.17. The van der Waals surface area contributed by atoms with Crippen LogP contribution in [0.15, 0.2) is 0 Å². The van der Waals surface area contributed by atoms with Crippen LogP contribution in [0.3, 0.4) is 0 Å². The SMILES string of the molecule is COC(=O)CC1(CSCC(NC(C)=O)C(=O)OC)CC1. The number of carbonyl (C=O) groups excluding carboxylic acids is 3. The zero-order chi connectivity index (χ0) is 15.2. The van der Waals surface area contributed by atoms with Crippen molar-refractivity contribution in [2.45, 2.75) is 32.2 Å². The van der Waals surface area contributed by atoms with Gasteiger partial charge in [0.15, 0.2) is 0 Å². The highest BCUT2D eigenvalue weighted by atomic mass is 32.2. The summed E-state index contributed by atoms with van der Waals surface area (Å²) in [5, 5.41) is 2.56. The lowest BCUT2D eigenvalue weighted by atomic mass is 10.1. The molecule has 0 heterocycles. The Bertz CT molecular complexity index is 381. The molecule has 0 spiro atoms. The molecule has 0 aromatic carbocycles. The molecule has 1 unspecified atom stereocenters. The monoisotopic (exact) mass is 303 g/mol. The summed E-state index contributed by atoms with van der Waals surface area (Å²) in [4.78, 5) is 33.9. The molecule has 1 aliphatic carbocycles. The molecule has 0 saturated heterocycles. The van der Waals surface area contributed by atoms with Crippen molar-refractivity contribution in [2.24, 2.45) is 5.41 Å². The van der Waals surface area contributed by atoms with E-state index in [0.717, 1.165) is 18.6 Å². The van der Waals surface area contributed by atoms with Gasteiger partial charge in [-0.2, -0.15) is 11.8 Å². The van der Waals surface area contributed by atoms with Crippen molar-refractivity contribution in [1.29, 1.82) is 0 Å². The van der Waals surface area contributed by atoms with Gasteiger partial charge in [-0.05, 0) is 24.0 Å². The van der Waals surface area contributed by atoms with Crippen molar-refractivity contribution in [3.63, 3.8) is 0 Å². The predicted molar refractivity (Wildman–Crippen MR) is 75.2 cm³/mol. The smallest absolute Gasteiger partial charge is 0.329 e. The van der Waals surface area contributed by atoms with E-state index in [1.807, 2.05) is 0 Å². The van der Waals surface area contributed by atoms with Crippen LogP contribution >= 0.6 is 11.8 Å². The third-order valence-corrected chi connectivity index (χ3v) is 4.65. The molecule has 1 saturated carbocycles. The summed E-state index contributed by atoms with van der Waals surface area (Å²) in [6, 6.07) is -0.642. The van der Waals surface area contributed by atoms with Crippen molar-refractivity contribution in [3.05, 3.63) is 0 Å². The lowest BCUT2D eigenvalue weighted by molar-refractivity contribution is -0.144. The fourth-order valence-corrected chi connectivity index (χ4v) is 3.27. The minimum Gasteiger partial charge on any atom is -0.469 e. The highest BCUT2D eigenvalue weighted by molar-refractivity contribution is 7.99. The largest absolute Gasteiger partial charge is 0.469 e. The van der Waals surface area contributed by atoms with E-state index in [2.05, 4.69) is 14.8 Å². The topological polar surface area (TPSA) is 81.7 Å². The summed E-state index contributed by atoms with van der Waals surface area (Å²) in [5.74, 6) is 0.293. The van der Waals surface area contributed by atoms with E-state index in [9.17, 15) is 14.4 Å². The molecular weight excluding hydrogens is 282 g/mol. The number of carbonyl (C=O) groups is 3. The average molecular weight is 303 g/mol. The van der Waals surface area contributed by atoms with Crippen LogP contribution < -0.4 is 5.32 Å². The standard InChI is InChI=1S/C13H21NO5S/c1-9(15)14-10(12(17)19-3)7-20-8-13(4-5-13)6-11(16)18-2/h10H,4-8H2,1-3H3,(H,14,15). The molecule has 1 fully saturated rings. The van der Waals surface area contributed by atoms with Crippen LogP contribution in [0.4, 0.5) is 0 Å². The number of thioether (sulfide) groups is 1. The lowest BCUT2D eigenvalue weighted by Crippen LogP contribution is -2.42. The highest BCUT2D eigenvalue weighted by Gasteiger charge is 2.44. The molecule has 0 aliphatic heterocycles. The van der Waals surface area contributed by atoms with E-state index in [1.165, 1.54) is 21.1 Å². The van der Waals surface area contributed by atoms with Crippen molar-refractivity contribution in [3.8, 4) is 0 Å². The molecule has 6 nitrogen and oxygen atoms in total. The summed E-state index contributed by atoms with van der Waals surface area (Å²) in [6.07, 6.45) is 2.41. The van der Waals surface area contributed by atoms with Gasteiger partial charge >= 0.3 is 11.9 Å². The number of methoxy groups -OCH3 is 2. The zero-order valence-electron chi connectivity index (χ0n) is 12.1. The number of nitrogens with one attached hydrogen (secondary N) is 1. The Hall–Kier alpha value is -1.24. The normalized spacial score (nSPS) is 16.9. The molecule has 0 aromatic heterocycles. The number of esters is 2. The van der Waals surface area contributed by atoms with Gasteiger partial charge in [0.2, 0.25) is 5.91 Å². The van der Waals surface area contributed by atoms with E-state index in [1.54, 1.807) is 11.8 Å². The number of ether oxygens (including phenoxy) is 2. The minimum absolute atomic E-state index is 0.00858. The van der Waals surface area contributed by atoms with Crippen LogP contribution in [0.25, 0.3) is 0 Å². The fourth-order valence-electron chi connectivity index (χ4n) is 1.88. The first-order valence-electron chi connectivity index (χ1n) is 6.42. The molecule has 1 amide bonds. The van der Waals surface area contributed by atoms with Gasteiger partial charge in [-0.1, -0.05) is 0 Å².